The number of carbonyl (C=O) groups excluding carboxylic acids is 1. The lowest BCUT2D eigenvalue weighted by atomic mass is 10.1. The molecule has 0 aliphatic heterocycles. The summed E-state index contributed by atoms with van der Waals surface area (Å²) in [5.41, 5.74) is -0.0864. The van der Waals surface area contributed by atoms with Crippen LogP contribution in [0.2, 0.25) is 0 Å². The van der Waals surface area contributed by atoms with E-state index in [0.29, 0.717) is 14.0 Å². The van der Waals surface area contributed by atoms with Gasteiger partial charge in [-0.15, -0.1) is 11.3 Å². The average molecular weight is 423 g/mol. The van der Waals surface area contributed by atoms with Gasteiger partial charge in [0.15, 0.2) is 5.75 Å². The molecular formula is C16H11BrN2O5S. The Morgan fingerprint density at radius 1 is 1.24 bits per heavy atom. The van der Waals surface area contributed by atoms with Crippen LogP contribution in [0.25, 0.3) is 10.2 Å². The van der Waals surface area contributed by atoms with E-state index in [2.05, 4.69) is 15.9 Å². The van der Waals surface area contributed by atoms with Gasteiger partial charge in [-0.1, -0.05) is 30.3 Å². The van der Waals surface area contributed by atoms with Crippen molar-refractivity contribution in [1.29, 1.82) is 0 Å². The van der Waals surface area contributed by atoms with E-state index in [-0.39, 0.29) is 6.54 Å². The summed E-state index contributed by atoms with van der Waals surface area (Å²) >= 11 is 4.44. The molecule has 0 saturated heterocycles. The number of carboxylic acid groups (broad SMARTS) is 1. The van der Waals surface area contributed by atoms with Gasteiger partial charge < -0.3 is 14.8 Å². The van der Waals surface area contributed by atoms with Gasteiger partial charge in [0, 0.05) is 0 Å². The van der Waals surface area contributed by atoms with Crippen LogP contribution in [0, 0.1) is 0 Å². The van der Waals surface area contributed by atoms with Crippen molar-refractivity contribution in [3.8, 4) is 5.75 Å². The van der Waals surface area contributed by atoms with Crippen molar-refractivity contribution >= 4 is 49.5 Å². The fourth-order valence-corrected chi connectivity index (χ4v) is 4.01. The average Bonchev–Trinajstić information content (AvgIpc) is 2.94. The number of imide groups is 1. The lowest BCUT2D eigenvalue weighted by Gasteiger charge is -2.12. The topological polar surface area (TPSA) is 109 Å². The third-order valence-corrected chi connectivity index (χ3v) is 5.15. The number of amides is 2. The van der Waals surface area contributed by atoms with Crippen LogP contribution in [0.1, 0.15) is 15.9 Å². The van der Waals surface area contributed by atoms with Crippen LogP contribution in [0.3, 0.4) is 0 Å². The first-order valence-corrected chi connectivity index (χ1v) is 8.62. The molecule has 0 spiro atoms. The Labute approximate surface area is 153 Å². The van der Waals surface area contributed by atoms with Gasteiger partial charge in [0.1, 0.15) is 5.56 Å². The summed E-state index contributed by atoms with van der Waals surface area (Å²) in [6.45, 7) is 0.174. The molecule has 3 rings (SSSR count). The Balaban J connectivity index is 2.26. The number of aromatic nitrogens is 1. The van der Waals surface area contributed by atoms with Gasteiger partial charge in [-0.3, -0.25) is 14.9 Å². The fraction of sp³-hybridized carbons (Fsp3) is 0.0625. The molecule has 9 heteroatoms. The number of benzene rings is 1. The maximum absolute atomic E-state index is 12.8. The Morgan fingerprint density at radius 2 is 1.92 bits per heavy atom. The standard InChI is InChI=1S/C16H11BrN2O5S/c17-10-6-9-13(25-10)12(20)11(14(21)18-16(23)24)15(22)19(9)7-8-4-2-1-3-5-8/h1-6,20H,7H2,(H,18,21)(H,23,24). The van der Waals surface area contributed by atoms with Gasteiger partial charge in [0.2, 0.25) is 0 Å². The molecule has 0 unspecified atom stereocenters. The minimum atomic E-state index is -1.61. The number of rotatable bonds is 3. The predicted octanol–water partition coefficient (Wildman–Crippen LogP) is 2.99. The van der Waals surface area contributed by atoms with Gasteiger partial charge in [-0.25, -0.2) is 4.79 Å². The molecule has 0 aliphatic rings. The molecule has 3 N–H and O–H groups in total. The number of carbonyl (C=O) groups is 2. The highest BCUT2D eigenvalue weighted by molar-refractivity contribution is 9.11. The zero-order chi connectivity index (χ0) is 18.1. The number of hydrogen-bond donors (Lipinski definition) is 3. The largest absolute Gasteiger partial charge is 0.505 e. The van der Waals surface area contributed by atoms with Crippen molar-refractivity contribution in [2.75, 3.05) is 0 Å². The summed E-state index contributed by atoms with van der Waals surface area (Å²) in [7, 11) is 0. The zero-order valence-electron chi connectivity index (χ0n) is 12.5. The van der Waals surface area contributed by atoms with E-state index in [4.69, 9.17) is 5.11 Å². The monoisotopic (exact) mass is 422 g/mol. The molecule has 0 aliphatic carbocycles. The molecule has 0 bridgehead atoms. The lowest BCUT2D eigenvalue weighted by Crippen LogP contribution is -2.35. The molecule has 7 nitrogen and oxygen atoms in total. The SMILES string of the molecule is O=C(O)NC(=O)c1c(O)c2sc(Br)cc2n(Cc2ccccc2)c1=O. The Kier molecular flexibility index (Phi) is 4.60. The molecule has 25 heavy (non-hydrogen) atoms. The smallest absolute Gasteiger partial charge is 0.411 e. The van der Waals surface area contributed by atoms with Gasteiger partial charge in [-0.05, 0) is 27.6 Å². The summed E-state index contributed by atoms with van der Waals surface area (Å²) in [5, 5.41) is 20.7. The molecule has 2 heterocycles. The summed E-state index contributed by atoms with van der Waals surface area (Å²) in [6.07, 6.45) is -1.61. The number of fused-ring (bicyclic) bond motifs is 1. The zero-order valence-corrected chi connectivity index (χ0v) is 14.9. The number of pyridine rings is 1. The van der Waals surface area contributed by atoms with Crippen LogP contribution in [-0.2, 0) is 6.54 Å². The van der Waals surface area contributed by atoms with E-state index >= 15 is 0 Å². The van der Waals surface area contributed by atoms with Crippen LogP contribution >= 0.6 is 27.3 Å². The van der Waals surface area contributed by atoms with E-state index < -0.39 is 28.9 Å². The first-order valence-electron chi connectivity index (χ1n) is 7.01. The Morgan fingerprint density at radius 3 is 2.56 bits per heavy atom. The van der Waals surface area contributed by atoms with Gasteiger partial charge >= 0.3 is 6.09 Å². The number of aromatic hydroxyl groups is 1. The number of thiophene rings is 1. The van der Waals surface area contributed by atoms with Crippen LogP contribution in [0.5, 0.6) is 5.75 Å². The van der Waals surface area contributed by atoms with Crippen molar-refractivity contribution < 1.29 is 19.8 Å². The fourth-order valence-electron chi connectivity index (χ4n) is 2.47. The minimum absolute atomic E-state index is 0.174. The van der Waals surface area contributed by atoms with Gasteiger partial charge in [0.05, 0.1) is 20.5 Å². The van der Waals surface area contributed by atoms with Crippen molar-refractivity contribution in [1.82, 2.24) is 9.88 Å². The highest BCUT2D eigenvalue weighted by Gasteiger charge is 2.25. The van der Waals surface area contributed by atoms with Crippen molar-refractivity contribution in [2.45, 2.75) is 6.54 Å². The Hall–Kier alpha value is -2.65. The number of nitrogens with zero attached hydrogens (tertiary/aromatic N) is 1. The van der Waals surface area contributed by atoms with Gasteiger partial charge in [0.25, 0.3) is 11.5 Å². The minimum Gasteiger partial charge on any atom is -0.505 e. The third kappa shape index (κ3) is 3.28. The second kappa shape index (κ2) is 6.69. The molecule has 0 saturated carbocycles. The van der Waals surface area contributed by atoms with E-state index in [1.54, 1.807) is 11.4 Å². The molecule has 2 aromatic heterocycles. The number of hydrogen-bond acceptors (Lipinski definition) is 5. The van der Waals surface area contributed by atoms with Crippen LogP contribution in [-0.4, -0.2) is 26.8 Å². The van der Waals surface area contributed by atoms with E-state index in [9.17, 15) is 19.5 Å². The molecule has 128 valence electrons. The summed E-state index contributed by atoms with van der Waals surface area (Å²) in [4.78, 5) is 35.6. The van der Waals surface area contributed by atoms with Crippen molar-refractivity contribution in [3.05, 3.63) is 61.7 Å². The highest BCUT2D eigenvalue weighted by atomic mass is 79.9. The summed E-state index contributed by atoms with van der Waals surface area (Å²) < 4.78 is 2.32. The maximum Gasteiger partial charge on any atom is 0.411 e. The van der Waals surface area contributed by atoms with E-state index in [1.165, 1.54) is 4.57 Å². The molecule has 1 aromatic carbocycles. The molecule has 0 atom stereocenters. The first kappa shape index (κ1) is 17.2. The molecule has 2 amide bonds. The summed E-state index contributed by atoms with van der Waals surface area (Å²) in [5.74, 6) is -1.69. The highest BCUT2D eigenvalue weighted by Crippen LogP contribution is 2.36. The quantitative estimate of drug-likeness (QED) is 0.600. The van der Waals surface area contributed by atoms with E-state index in [1.807, 2.05) is 30.3 Å². The molecule has 0 radical (unpaired) electrons. The number of nitrogens with one attached hydrogen (secondary N) is 1. The lowest BCUT2D eigenvalue weighted by molar-refractivity contribution is 0.0943. The van der Waals surface area contributed by atoms with Crippen molar-refractivity contribution in [3.63, 3.8) is 0 Å². The first-order chi connectivity index (χ1) is 11.9. The maximum atomic E-state index is 12.8. The second-order valence-corrected chi connectivity index (χ2v) is 7.56. The second-order valence-electron chi connectivity index (χ2n) is 5.12. The van der Waals surface area contributed by atoms with Crippen LogP contribution in [0.4, 0.5) is 4.79 Å². The third-order valence-electron chi connectivity index (χ3n) is 3.52. The van der Waals surface area contributed by atoms with Crippen LogP contribution in [0.15, 0.2) is 45.0 Å². The Bertz CT molecular complexity index is 1040. The predicted molar refractivity (Wildman–Crippen MR) is 96.5 cm³/mol. The van der Waals surface area contributed by atoms with Crippen LogP contribution < -0.4 is 10.9 Å². The normalized spacial score (nSPS) is 10.8. The van der Waals surface area contributed by atoms with E-state index in [0.717, 1.165) is 16.9 Å². The molecular weight excluding hydrogens is 412 g/mol. The molecule has 0 fully saturated rings. The number of halogens is 1. The molecule has 3 aromatic rings. The van der Waals surface area contributed by atoms with Crippen molar-refractivity contribution in [2.24, 2.45) is 0 Å². The summed E-state index contributed by atoms with van der Waals surface area (Å²) in [6, 6.07) is 10.8. The van der Waals surface area contributed by atoms with Gasteiger partial charge in [-0.2, -0.15) is 0 Å².